The predicted octanol–water partition coefficient (Wildman–Crippen LogP) is 1.52. The van der Waals surface area contributed by atoms with Crippen LogP contribution >= 0.6 is 0 Å². The third-order valence-electron chi connectivity index (χ3n) is 2.07. The highest BCUT2D eigenvalue weighted by Gasteiger charge is 1.99. The maximum atomic E-state index is 5.60. The first-order chi connectivity index (χ1) is 5.65. The monoisotopic (exact) mass is 164 g/mol. The quantitative estimate of drug-likeness (QED) is 0.718. The van der Waals surface area contributed by atoms with Gasteiger partial charge in [-0.2, -0.15) is 0 Å². The fourth-order valence-corrected chi connectivity index (χ4v) is 1.16. The van der Waals surface area contributed by atoms with Crippen molar-refractivity contribution in [2.45, 2.75) is 13.5 Å². The van der Waals surface area contributed by atoms with Gasteiger partial charge in [0, 0.05) is 26.3 Å². The van der Waals surface area contributed by atoms with Crippen molar-refractivity contribution in [3.05, 3.63) is 29.3 Å². The summed E-state index contributed by atoms with van der Waals surface area (Å²) in [6, 6.07) is 6.35. The van der Waals surface area contributed by atoms with Crippen LogP contribution in [0, 0.1) is 6.92 Å². The second-order valence-electron chi connectivity index (χ2n) is 3.21. The Kier molecular flexibility index (Phi) is 2.71. The summed E-state index contributed by atoms with van der Waals surface area (Å²) in [5.41, 5.74) is 9.30. The zero-order valence-corrected chi connectivity index (χ0v) is 7.96. The molecule has 0 aliphatic rings. The van der Waals surface area contributed by atoms with E-state index in [0.717, 1.165) is 0 Å². The van der Waals surface area contributed by atoms with Gasteiger partial charge in [0.05, 0.1) is 0 Å². The van der Waals surface area contributed by atoms with Gasteiger partial charge in [-0.25, -0.2) is 0 Å². The summed E-state index contributed by atoms with van der Waals surface area (Å²) in [5.74, 6) is 0. The van der Waals surface area contributed by atoms with E-state index >= 15 is 0 Å². The second kappa shape index (κ2) is 3.59. The lowest BCUT2D eigenvalue weighted by Crippen LogP contribution is -2.10. The molecule has 0 fully saturated rings. The molecule has 1 aromatic rings. The van der Waals surface area contributed by atoms with Crippen molar-refractivity contribution in [2.24, 2.45) is 5.73 Å². The third kappa shape index (κ3) is 1.77. The van der Waals surface area contributed by atoms with Gasteiger partial charge in [-0.1, -0.05) is 6.07 Å². The summed E-state index contributed by atoms with van der Waals surface area (Å²) < 4.78 is 0. The van der Waals surface area contributed by atoms with Crippen LogP contribution < -0.4 is 10.6 Å². The van der Waals surface area contributed by atoms with Gasteiger partial charge in [-0.3, -0.25) is 0 Å². The van der Waals surface area contributed by atoms with E-state index in [1.165, 1.54) is 16.8 Å². The van der Waals surface area contributed by atoms with Crippen LogP contribution in [0.25, 0.3) is 0 Å². The second-order valence-corrected chi connectivity index (χ2v) is 3.21. The molecule has 0 radical (unpaired) electrons. The van der Waals surface area contributed by atoms with Gasteiger partial charge >= 0.3 is 0 Å². The number of benzene rings is 1. The molecule has 12 heavy (non-hydrogen) atoms. The normalized spacial score (nSPS) is 10.0. The molecule has 66 valence electrons. The molecular weight excluding hydrogens is 148 g/mol. The summed E-state index contributed by atoms with van der Waals surface area (Å²) in [6.45, 7) is 2.70. The SMILES string of the molecule is Cc1ccc(N(C)C)cc1CN. The van der Waals surface area contributed by atoms with Crippen LogP contribution in [0.5, 0.6) is 0 Å². The van der Waals surface area contributed by atoms with Crippen molar-refractivity contribution in [3.8, 4) is 0 Å². The maximum Gasteiger partial charge on any atom is 0.0364 e. The highest BCUT2D eigenvalue weighted by Crippen LogP contribution is 2.16. The Bertz CT molecular complexity index is 267. The van der Waals surface area contributed by atoms with Crippen LogP contribution in [0.1, 0.15) is 11.1 Å². The molecule has 0 aromatic heterocycles. The lowest BCUT2D eigenvalue weighted by molar-refractivity contribution is 1.04. The molecule has 0 heterocycles. The molecule has 0 bridgehead atoms. The van der Waals surface area contributed by atoms with Gasteiger partial charge in [0.1, 0.15) is 0 Å². The van der Waals surface area contributed by atoms with Crippen molar-refractivity contribution in [2.75, 3.05) is 19.0 Å². The molecule has 0 amide bonds. The van der Waals surface area contributed by atoms with Crippen LogP contribution in [0.4, 0.5) is 5.69 Å². The van der Waals surface area contributed by atoms with Crippen LogP contribution in [0.3, 0.4) is 0 Å². The van der Waals surface area contributed by atoms with Crippen molar-refractivity contribution >= 4 is 5.69 Å². The summed E-state index contributed by atoms with van der Waals surface area (Å²) in [6.07, 6.45) is 0. The number of hydrogen-bond donors (Lipinski definition) is 1. The minimum absolute atomic E-state index is 0.619. The smallest absolute Gasteiger partial charge is 0.0364 e. The number of hydrogen-bond acceptors (Lipinski definition) is 2. The fraction of sp³-hybridized carbons (Fsp3) is 0.400. The minimum atomic E-state index is 0.619. The molecule has 0 atom stereocenters. The first kappa shape index (κ1) is 9.07. The third-order valence-corrected chi connectivity index (χ3v) is 2.07. The Morgan fingerprint density at radius 2 is 2.00 bits per heavy atom. The maximum absolute atomic E-state index is 5.60. The highest BCUT2D eigenvalue weighted by atomic mass is 15.1. The first-order valence-electron chi connectivity index (χ1n) is 4.12. The van der Waals surface area contributed by atoms with E-state index < -0.39 is 0 Å². The summed E-state index contributed by atoms with van der Waals surface area (Å²) in [5, 5.41) is 0. The van der Waals surface area contributed by atoms with Crippen LogP contribution in [0.2, 0.25) is 0 Å². The molecule has 2 N–H and O–H groups in total. The molecule has 2 heteroatoms. The van der Waals surface area contributed by atoms with E-state index in [-0.39, 0.29) is 0 Å². The molecule has 0 saturated heterocycles. The van der Waals surface area contributed by atoms with Crippen LogP contribution in [0.15, 0.2) is 18.2 Å². The van der Waals surface area contributed by atoms with Crippen molar-refractivity contribution in [1.29, 1.82) is 0 Å². The molecule has 0 aliphatic heterocycles. The number of nitrogens with zero attached hydrogens (tertiary/aromatic N) is 1. The lowest BCUT2D eigenvalue weighted by Gasteiger charge is -2.14. The molecule has 0 saturated carbocycles. The van der Waals surface area contributed by atoms with E-state index in [4.69, 9.17) is 5.73 Å². The van der Waals surface area contributed by atoms with Crippen molar-refractivity contribution in [1.82, 2.24) is 0 Å². The summed E-state index contributed by atoms with van der Waals surface area (Å²) in [4.78, 5) is 2.08. The Balaban J connectivity index is 3.05. The van der Waals surface area contributed by atoms with Gasteiger partial charge in [-0.15, -0.1) is 0 Å². The van der Waals surface area contributed by atoms with Crippen molar-refractivity contribution < 1.29 is 0 Å². The topological polar surface area (TPSA) is 29.3 Å². The van der Waals surface area contributed by atoms with Gasteiger partial charge < -0.3 is 10.6 Å². The Morgan fingerprint density at radius 1 is 1.33 bits per heavy atom. The van der Waals surface area contributed by atoms with Crippen molar-refractivity contribution in [3.63, 3.8) is 0 Å². The highest BCUT2D eigenvalue weighted by molar-refractivity contribution is 5.49. The van der Waals surface area contributed by atoms with Crippen LogP contribution in [-0.4, -0.2) is 14.1 Å². The standard InChI is InChI=1S/C10H16N2/c1-8-4-5-10(12(2)3)6-9(8)7-11/h4-6H,7,11H2,1-3H3. The van der Waals surface area contributed by atoms with E-state index in [0.29, 0.717) is 6.54 Å². The average Bonchev–Trinajstić information content (AvgIpc) is 2.05. The molecule has 2 nitrogen and oxygen atoms in total. The molecule has 0 unspecified atom stereocenters. The minimum Gasteiger partial charge on any atom is -0.378 e. The molecular formula is C10H16N2. The Labute approximate surface area is 74.0 Å². The zero-order valence-electron chi connectivity index (χ0n) is 7.96. The molecule has 0 spiro atoms. The number of nitrogens with two attached hydrogens (primary N) is 1. The zero-order chi connectivity index (χ0) is 9.14. The summed E-state index contributed by atoms with van der Waals surface area (Å²) >= 11 is 0. The van der Waals surface area contributed by atoms with E-state index in [1.54, 1.807) is 0 Å². The Morgan fingerprint density at radius 3 is 2.50 bits per heavy atom. The largest absolute Gasteiger partial charge is 0.378 e. The first-order valence-corrected chi connectivity index (χ1v) is 4.12. The summed E-state index contributed by atoms with van der Waals surface area (Å²) in [7, 11) is 4.07. The number of aryl methyl sites for hydroxylation is 1. The fourth-order valence-electron chi connectivity index (χ4n) is 1.16. The number of rotatable bonds is 2. The van der Waals surface area contributed by atoms with Gasteiger partial charge in [0.2, 0.25) is 0 Å². The molecule has 0 aliphatic carbocycles. The van der Waals surface area contributed by atoms with Gasteiger partial charge in [0.25, 0.3) is 0 Å². The number of anilines is 1. The van der Waals surface area contributed by atoms with Gasteiger partial charge in [-0.05, 0) is 30.2 Å². The predicted molar refractivity (Wildman–Crippen MR) is 53.4 cm³/mol. The van der Waals surface area contributed by atoms with E-state index in [2.05, 4.69) is 30.0 Å². The van der Waals surface area contributed by atoms with E-state index in [1.807, 2.05) is 14.1 Å². The van der Waals surface area contributed by atoms with Crippen LogP contribution in [-0.2, 0) is 6.54 Å². The van der Waals surface area contributed by atoms with E-state index in [9.17, 15) is 0 Å². The molecule has 1 rings (SSSR count). The average molecular weight is 164 g/mol. The Hall–Kier alpha value is -1.02. The van der Waals surface area contributed by atoms with Gasteiger partial charge in [0.15, 0.2) is 0 Å². The lowest BCUT2D eigenvalue weighted by atomic mass is 10.1. The molecule has 1 aromatic carbocycles.